The first kappa shape index (κ1) is 35.3. The summed E-state index contributed by atoms with van der Waals surface area (Å²) >= 11 is 0. The molecule has 2 heteroatoms. The summed E-state index contributed by atoms with van der Waals surface area (Å²) in [5, 5.41) is 6.87. The van der Waals surface area contributed by atoms with Gasteiger partial charge in [-0.2, -0.15) is 0 Å². The highest BCUT2D eigenvalue weighted by Gasteiger charge is 2.36. The molecule has 0 saturated heterocycles. The number of benzene rings is 10. The van der Waals surface area contributed by atoms with Gasteiger partial charge in [-0.25, -0.2) is 0 Å². The van der Waals surface area contributed by atoms with Crippen molar-refractivity contribution in [2.75, 3.05) is 4.90 Å². The highest BCUT2D eigenvalue weighted by Crippen LogP contribution is 2.52. The van der Waals surface area contributed by atoms with E-state index >= 15 is 0 Å². The van der Waals surface area contributed by atoms with Gasteiger partial charge in [0.05, 0.1) is 0 Å². The number of furan rings is 1. The predicted octanol–water partition coefficient (Wildman–Crippen LogP) is 16.7. The molecule has 0 amide bonds. The fourth-order valence-electron chi connectivity index (χ4n) is 9.95. The molecule has 0 radical (unpaired) electrons. The van der Waals surface area contributed by atoms with Crippen molar-refractivity contribution in [2.45, 2.75) is 19.3 Å². The first-order valence-electron chi connectivity index (χ1n) is 21.2. The number of hydrogen-bond donors (Lipinski definition) is 0. The van der Waals surface area contributed by atoms with Gasteiger partial charge in [0.2, 0.25) is 0 Å². The molecule has 1 aliphatic rings. The van der Waals surface area contributed by atoms with Crippen LogP contribution in [0.25, 0.3) is 88.0 Å². The smallest absolute Gasteiger partial charge is 0.143 e. The Bertz CT molecular complexity index is 3490. The van der Waals surface area contributed by atoms with E-state index in [4.69, 9.17) is 4.42 Å². The molecule has 61 heavy (non-hydrogen) atoms. The highest BCUT2D eigenvalue weighted by molar-refractivity contribution is 6.21. The molecule has 0 N–H and O–H groups in total. The Kier molecular flexibility index (Phi) is 7.92. The van der Waals surface area contributed by atoms with Crippen molar-refractivity contribution in [2.24, 2.45) is 0 Å². The van der Waals surface area contributed by atoms with E-state index in [-0.39, 0.29) is 5.41 Å². The van der Waals surface area contributed by atoms with Crippen LogP contribution in [0.1, 0.15) is 25.0 Å². The second kappa shape index (κ2) is 13.7. The Balaban J connectivity index is 1.15. The zero-order valence-corrected chi connectivity index (χ0v) is 34.1. The minimum Gasteiger partial charge on any atom is -0.455 e. The molecule has 10 aromatic carbocycles. The first-order chi connectivity index (χ1) is 30.0. The quantitative estimate of drug-likeness (QED) is 0.167. The molecule has 12 rings (SSSR count). The summed E-state index contributed by atoms with van der Waals surface area (Å²) in [5.41, 5.74) is 17.1. The summed E-state index contributed by atoms with van der Waals surface area (Å²) in [6.45, 7) is 4.72. The Hall–Kier alpha value is -7.68. The molecule has 0 atom stereocenters. The van der Waals surface area contributed by atoms with Crippen LogP contribution < -0.4 is 4.90 Å². The molecule has 0 unspecified atom stereocenters. The van der Waals surface area contributed by atoms with Crippen molar-refractivity contribution in [3.8, 4) is 44.5 Å². The normalized spacial score (nSPS) is 12.9. The van der Waals surface area contributed by atoms with E-state index in [0.717, 1.165) is 55.5 Å². The standard InChI is InChI=1S/C59H41NO/c1-59(2)55-24-14-13-22-48(55)49-32-31-45(36-56(49)59)60(44-29-27-40(28-30-44)38-15-5-3-6-16-38)46-34-52(43-26-25-39-17-9-10-20-42(39)33-43)58-53(35-46)54-37-51(41-18-7-4-8-19-41)47-21-11-12-23-50(47)57(54)61-58/h3-37H,1-2H3. The minimum atomic E-state index is -0.152. The average molecular weight is 780 g/mol. The molecular formula is C59H41NO. The number of anilines is 3. The Morgan fingerprint density at radius 1 is 0.328 bits per heavy atom. The van der Waals surface area contributed by atoms with Gasteiger partial charge < -0.3 is 9.32 Å². The zero-order valence-electron chi connectivity index (χ0n) is 34.1. The maximum Gasteiger partial charge on any atom is 0.143 e. The molecule has 2 nitrogen and oxygen atoms in total. The maximum atomic E-state index is 7.17. The van der Waals surface area contributed by atoms with Crippen LogP contribution in [0.15, 0.2) is 217 Å². The molecule has 0 aliphatic heterocycles. The van der Waals surface area contributed by atoms with E-state index < -0.39 is 0 Å². The van der Waals surface area contributed by atoms with E-state index in [1.807, 2.05) is 0 Å². The lowest BCUT2D eigenvalue weighted by atomic mass is 9.82. The molecule has 0 bridgehead atoms. The van der Waals surface area contributed by atoms with Gasteiger partial charge in [-0.1, -0.05) is 178 Å². The maximum absolute atomic E-state index is 7.17. The Labute approximate surface area is 355 Å². The topological polar surface area (TPSA) is 16.4 Å². The van der Waals surface area contributed by atoms with E-state index in [1.54, 1.807) is 0 Å². The summed E-state index contributed by atoms with van der Waals surface area (Å²) < 4.78 is 7.17. The monoisotopic (exact) mass is 779 g/mol. The zero-order chi connectivity index (χ0) is 40.7. The van der Waals surface area contributed by atoms with Crippen LogP contribution in [0.5, 0.6) is 0 Å². The molecule has 1 aliphatic carbocycles. The average Bonchev–Trinajstić information content (AvgIpc) is 3.81. The molecule has 11 aromatic rings. The van der Waals surface area contributed by atoms with E-state index in [1.165, 1.54) is 60.7 Å². The summed E-state index contributed by atoms with van der Waals surface area (Å²) in [4.78, 5) is 2.44. The van der Waals surface area contributed by atoms with Gasteiger partial charge >= 0.3 is 0 Å². The van der Waals surface area contributed by atoms with Crippen molar-refractivity contribution in [3.05, 3.63) is 223 Å². The number of fused-ring (bicyclic) bond motifs is 9. The van der Waals surface area contributed by atoms with Crippen LogP contribution in [-0.4, -0.2) is 0 Å². The van der Waals surface area contributed by atoms with Crippen molar-refractivity contribution in [3.63, 3.8) is 0 Å². The van der Waals surface area contributed by atoms with Crippen molar-refractivity contribution in [1.29, 1.82) is 0 Å². The van der Waals surface area contributed by atoms with Crippen LogP contribution >= 0.6 is 0 Å². The lowest BCUT2D eigenvalue weighted by Crippen LogP contribution is -2.16. The third-order valence-corrected chi connectivity index (χ3v) is 13.0. The molecular weight excluding hydrogens is 739 g/mol. The van der Waals surface area contributed by atoms with Crippen molar-refractivity contribution < 1.29 is 4.42 Å². The largest absolute Gasteiger partial charge is 0.455 e. The second-order valence-corrected chi connectivity index (χ2v) is 16.9. The predicted molar refractivity (Wildman–Crippen MR) is 257 cm³/mol. The molecule has 0 spiro atoms. The molecule has 288 valence electrons. The molecule has 1 heterocycles. The third kappa shape index (κ3) is 5.64. The first-order valence-corrected chi connectivity index (χ1v) is 21.2. The fourth-order valence-corrected chi connectivity index (χ4v) is 9.95. The number of hydrogen-bond acceptors (Lipinski definition) is 2. The van der Waals surface area contributed by atoms with Crippen LogP contribution in [0.4, 0.5) is 17.1 Å². The summed E-state index contributed by atoms with van der Waals surface area (Å²) in [5.74, 6) is 0. The second-order valence-electron chi connectivity index (χ2n) is 16.9. The molecule has 1 aromatic heterocycles. The van der Waals surface area contributed by atoms with E-state index in [9.17, 15) is 0 Å². The van der Waals surface area contributed by atoms with Crippen molar-refractivity contribution >= 4 is 60.5 Å². The Morgan fingerprint density at radius 3 is 1.74 bits per heavy atom. The van der Waals surface area contributed by atoms with Gasteiger partial charge in [0.15, 0.2) is 0 Å². The van der Waals surface area contributed by atoms with Gasteiger partial charge in [0, 0.05) is 44.2 Å². The van der Waals surface area contributed by atoms with Crippen LogP contribution in [-0.2, 0) is 5.41 Å². The van der Waals surface area contributed by atoms with Gasteiger partial charge in [0.1, 0.15) is 11.2 Å². The lowest BCUT2D eigenvalue weighted by Gasteiger charge is -2.29. The summed E-state index contributed by atoms with van der Waals surface area (Å²) in [6.07, 6.45) is 0. The Morgan fingerprint density at radius 2 is 0.934 bits per heavy atom. The molecule has 0 saturated carbocycles. The van der Waals surface area contributed by atoms with Gasteiger partial charge in [-0.3, -0.25) is 0 Å². The van der Waals surface area contributed by atoms with Gasteiger partial charge in [-0.15, -0.1) is 0 Å². The van der Waals surface area contributed by atoms with E-state index in [0.29, 0.717) is 0 Å². The van der Waals surface area contributed by atoms with E-state index in [2.05, 4.69) is 231 Å². The minimum absolute atomic E-state index is 0.152. The van der Waals surface area contributed by atoms with Crippen LogP contribution in [0.2, 0.25) is 0 Å². The van der Waals surface area contributed by atoms with Crippen LogP contribution in [0.3, 0.4) is 0 Å². The summed E-state index contributed by atoms with van der Waals surface area (Å²) in [6, 6.07) is 77.4. The third-order valence-electron chi connectivity index (χ3n) is 13.0. The fraction of sp³-hybridized carbons (Fsp3) is 0.0508. The van der Waals surface area contributed by atoms with Crippen molar-refractivity contribution in [1.82, 2.24) is 0 Å². The summed E-state index contributed by atoms with van der Waals surface area (Å²) in [7, 11) is 0. The number of nitrogens with zero attached hydrogens (tertiary/aromatic N) is 1. The van der Waals surface area contributed by atoms with Gasteiger partial charge in [0.25, 0.3) is 0 Å². The SMILES string of the molecule is CC1(C)c2ccccc2-c2ccc(N(c3ccc(-c4ccccc4)cc3)c3cc(-c4ccc5ccccc5c4)c4oc5c6ccccc6c(-c6ccccc6)cc5c4c3)cc21. The van der Waals surface area contributed by atoms with Crippen LogP contribution in [0, 0.1) is 0 Å². The molecule has 0 fully saturated rings. The van der Waals surface area contributed by atoms with Gasteiger partial charge in [-0.05, 0) is 115 Å². The highest BCUT2D eigenvalue weighted by atomic mass is 16.3. The number of rotatable bonds is 6. The lowest BCUT2D eigenvalue weighted by molar-refractivity contribution is 0.660.